The van der Waals surface area contributed by atoms with Crippen LogP contribution in [0.3, 0.4) is 0 Å². The molecule has 2 unspecified atom stereocenters. The van der Waals surface area contributed by atoms with Gasteiger partial charge in [-0.1, -0.05) is 30.8 Å². The van der Waals surface area contributed by atoms with Crippen LogP contribution in [-0.2, 0) is 11.8 Å². The maximum Gasteiger partial charge on any atom is 0.254 e. The monoisotopic (exact) mass is 506 g/mol. The van der Waals surface area contributed by atoms with Crippen molar-refractivity contribution in [2.75, 3.05) is 17.6 Å². The number of benzene rings is 2. The first-order valence-corrected chi connectivity index (χ1v) is 12.9. The molecule has 192 valence electrons. The summed E-state index contributed by atoms with van der Waals surface area (Å²) in [6.07, 6.45) is 4.95. The Morgan fingerprint density at radius 2 is 1.74 bits per heavy atom. The molecule has 3 N–H and O–H groups in total. The molecule has 3 heterocycles. The van der Waals surface area contributed by atoms with Crippen LogP contribution in [0.25, 0.3) is 33.4 Å². The third-order valence-corrected chi connectivity index (χ3v) is 7.89. The van der Waals surface area contributed by atoms with Gasteiger partial charge in [0.2, 0.25) is 0 Å². The second-order valence-corrected chi connectivity index (χ2v) is 10.4. The summed E-state index contributed by atoms with van der Waals surface area (Å²) in [5.41, 5.74) is 12.6. The van der Waals surface area contributed by atoms with Gasteiger partial charge in [-0.25, -0.2) is 9.97 Å². The number of rotatable bonds is 5. The van der Waals surface area contributed by atoms with E-state index in [4.69, 9.17) is 5.73 Å². The molecule has 0 radical (unpaired) electrons. The van der Waals surface area contributed by atoms with Crippen LogP contribution >= 0.6 is 0 Å². The predicted octanol–water partition coefficient (Wildman–Crippen LogP) is 5.02. The number of nitrogen functional groups attached to an aromatic ring is 1. The van der Waals surface area contributed by atoms with Gasteiger partial charge in [-0.3, -0.25) is 9.59 Å². The maximum atomic E-state index is 13.2. The lowest BCUT2D eigenvalue weighted by Crippen LogP contribution is -2.37. The molecular weight excluding hydrogens is 476 g/mol. The van der Waals surface area contributed by atoms with Gasteiger partial charge in [0, 0.05) is 42.0 Å². The van der Waals surface area contributed by atoms with E-state index < -0.39 is 0 Å². The third-order valence-electron chi connectivity index (χ3n) is 7.89. The Kier molecular flexibility index (Phi) is 5.75. The number of carbonyl (C=O) groups is 2. The molecule has 1 aliphatic carbocycles. The van der Waals surface area contributed by atoms with Crippen molar-refractivity contribution in [2.24, 2.45) is 13.0 Å². The van der Waals surface area contributed by atoms with E-state index in [0.29, 0.717) is 34.6 Å². The zero-order valence-electron chi connectivity index (χ0n) is 21.6. The number of aryl methyl sites for hydroxylation is 1. The third kappa shape index (κ3) is 3.93. The van der Waals surface area contributed by atoms with Crippen molar-refractivity contribution >= 4 is 34.4 Å². The fraction of sp³-hybridized carbons (Fsp3) is 0.267. The first-order chi connectivity index (χ1) is 18.3. The van der Waals surface area contributed by atoms with Crippen LogP contribution in [0, 0.1) is 5.92 Å². The molecule has 2 atom stereocenters. The summed E-state index contributed by atoms with van der Waals surface area (Å²) in [5, 5.41) is 3.61. The Bertz CT molecular complexity index is 1590. The van der Waals surface area contributed by atoms with Crippen LogP contribution in [0.2, 0.25) is 0 Å². The van der Waals surface area contributed by atoms with Crippen molar-refractivity contribution in [1.29, 1.82) is 0 Å². The molecule has 2 aromatic heterocycles. The van der Waals surface area contributed by atoms with Crippen molar-refractivity contribution in [2.45, 2.75) is 32.2 Å². The number of nitrogens with one attached hydrogen (secondary N) is 1. The number of hydrogen-bond donors (Lipinski definition) is 2. The average Bonchev–Trinajstić information content (AvgIpc) is 3.63. The molecule has 2 amide bonds. The van der Waals surface area contributed by atoms with E-state index in [9.17, 15) is 9.59 Å². The van der Waals surface area contributed by atoms with Crippen LogP contribution in [-0.4, -0.2) is 43.8 Å². The molecule has 6 rings (SSSR count). The van der Waals surface area contributed by atoms with Crippen molar-refractivity contribution in [3.63, 3.8) is 0 Å². The number of hydrogen-bond acceptors (Lipinski definition) is 5. The number of piperidine rings is 1. The highest BCUT2D eigenvalue weighted by atomic mass is 16.2. The largest absolute Gasteiger partial charge is 0.383 e. The van der Waals surface area contributed by atoms with E-state index in [2.05, 4.69) is 21.9 Å². The number of fused-ring (bicyclic) bond motifs is 3. The van der Waals surface area contributed by atoms with E-state index >= 15 is 0 Å². The molecule has 8 nitrogen and oxygen atoms in total. The van der Waals surface area contributed by atoms with E-state index in [0.717, 1.165) is 52.8 Å². The van der Waals surface area contributed by atoms with Crippen molar-refractivity contribution in [1.82, 2.24) is 19.4 Å². The molecule has 2 aliphatic rings. The van der Waals surface area contributed by atoms with Gasteiger partial charge in [0.1, 0.15) is 17.8 Å². The molecule has 0 spiro atoms. The molecule has 2 aromatic carbocycles. The van der Waals surface area contributed by atoms with Crippen LogP contribution in [0.5, 0.6) is 0 Å². The Labute approximate surface area is 221 Å². The second kappa shape index (κ2) is 9.13. The zero-order valence-corrected chi connectivity index (χ0v) is 21.6. The molecule has 2 fully saturated rings. The Morgan fingerprint density at radius 3 is 2.37 bits per heavy atom. The smallest absolute Gasteiger partial charge is 0.254 e. The summed E-state index contributed by atoms with van der Waals surface area (Å²) < 4.78 is 2.00. The zero-order chi connectivity index (χ0) is 26.6. The highest BCUT2D eigenvalue weighted by molar-refractivity contribution is 6.08. The number of nitrogens with two attached hydrogens (primary N) is 1. The average molecular weight is 507 g/mol. The van der Waals surface area contributed by atoms with Crippen molar-refractivity contribution < 1.29 is 9.59 Å². The van der Waals surface area contributed by atoms with Gasteiger partial charge in [-0.05, 0) is 67.5 Å². The minimum Gasteiger partial charge on any atom is -0.383 e. The van der Waals surface area contributed by atoms with Gasteiger partial charge >= 0.3 is 0 Å². The van der Waals surface area contributed by atoms with Crippen molar-refractivity contribution in [3.05, 3.63) is 72.6 Å². The fourth-order valence-corrected chi connectivity index (χ4v) is 5.96. The van der Waals surface area contributed by atoms with Crippen LogP contribution < -0.4 is 11.1 Å². The molecular formula is C30H30N6O2. The standard InChI is InChI=1S/C30H30N6O2/c1-17(2)29(37)34-22-11-9-20(10-12-22)26-24(25-27(31)32-16-33-28(25)35(26)3)19-5-7-21(8-6-19)30(38)36-15-18-4-13-23(36)14-18/h5-12,16,18,23H,1,4,13-15H2,2-3H3,(H,34,37)(H2,31,32,33). The summed E-state index contributed by atoms with van der Waals surface area (Å²) in [6, 6.07) is 15.8. The number of nitrogens with zero attached hydrogens (tertiary/aromatic N) is 4. The quantitative estimate of drug-likeness (QED) is 0.370. The molecule has 38 heavy (non-hydrogen) atoms. The second-order valence-electron chi connectivity index (χ2n) is 10.4. The van der Waals surface area contributed by atoms with Gasteiger partial charge in [0.25, 0.3) is 11.8 Å². The topological polar surface area (TPSA) is 106 Å². The van der Waals surface area contributed by atoms with Gasteiger partial charge in [-0.15, -0.1) is 0 Å². The van der Waals surface area contributed by atoms with Crippen LogP contribution in [0.15, 0.2) is 67.0 Å². The number of aromatic nitrogens is 3. The van der Waals surface area contributed by atoms with E-state index in [1.807, 2.05) is 65.0 Å². The van der Waals surface area contributed by atoms with Gasteiger partial charge < -0.3 is 20.5 Å². The lowest BCUT2D eigenvalue weighted by molar-refractivity contribution is -0.112. The summed E-state index contributed by atoms with van der Waals surface area (Å²) >= 11 is 0. The summed E-state index contributed by atoms with van der Waals surface area (Å²) in [5.74, 6) is 0.940. The summed E-state index contributed by atoms with van der Waals surface area (Å²) in [7, 11) is 1.95. The number of anilines is 2. The number of amides is 2. The highest BCUT2D eigenvalue weighted by Crippen LogP contribution is 2.42. The van der Waals surface area contributed by atoms with E-state index in [1.165, 1.54) is 12.7 Å². The number of carbonyl (C=O) groups excluding carboxylic acids is 2. The lowest BCUT2D eigenvalue weighted by Gasteiger charge is -2.27. The van der Waals surface area contributed by atoms with Crippen LogP contribution in [0.4, 0.5) is 11.5 Å². The highest BCUT2D eigenvalue weighted by Gasteiger charge is 2.40. The first kappa shape index (κ1) is 23.9. The normalized spacial score (nSPS) is 18.2. The SMILES string of the molecule is C=C(C)C(=O)Nc1ccc(-c2c(-c3ccc(C(=O)N4CC5CCC4C5)cc3)c3c(N)ncnc3n2C)cc1. The summed E-state index contributed by atoms with van der Waals surface area (Å²) in [6.45, 7) is 6.23. The maximum absolute atomic E-state index is 13.2. The summed E-state index contributed by atoms with van der Waals surface area (Å²) in [4.78, 5) is 36.1. The molecule has 4 aromatic rings. The Balaban J connectivity index is 1.40. The van der Waals surface area contributed by atoms with Crippen LogP contribution in [0.1, 0.15) is 36.5 Å². The van der Waals surface area contributed by atoms with Gasteiger partial charge in [0.15, 0.2) is 0 Å². The van der Waals surface area contributed by atoms with E-state index in [-0.39, 0.29) is 11.8 Å². The van der Waals surface area contributed by atoms with Gasteiger partial charge in [-0.2, -0.15) is 0 Å². The predicted molar refractivity (Wildman–Crippen MR) is 149 cm³/mol. The molecule has 2 bridgehead atoms. The fourth-order valence-electron chi connectivity index (χ4n) is 5.96. The molecule has 1 saturated carbocycles. The van der Waals surface area contributed by atoms with Gasteiger partial charge in [0.05, 0.1) is 11.1 Å². The molecule has 1 aliphatic heterocycles. The Hall–Kier alpha value is -4.46. The minimum atomic E-state index is -0.220. The first-order valence-electron chi connectivity index (χ1n) is 12.9. The minimum absolute atomic E-state index is 0.108. The Morgan fingerprint density at radius 1 is 1.03 bits per heavy atom. The lowest BCUT2D eigenvalue weighted by atomic mass is 9.97. The number of likely N-dealkylation sites (tertiary alicyclic amines) is 1. The van der Waals surface area contributed by atoms with E-state index in [1.54, 1.807) is 6.92 Å². The molecule has 8 heteroatoms. The van der Waals surface area contributed by atoms with Crippen molar-refractivity contribution in [3.8, 4) is 22.4 Å². The molecule has 1 saturated heterocycles.